The van der Waals surface area contributed by atoms with Gasteiger partial charge >= 0.3 is 5.97 Å². The maximum atomic E-state index is 14.7. The van der Waals surface area contributed by atoms with Gasteiger partial charge in [-0.3, -0.25) is 19.4 Å². The molecule has 8 nitrogen and oxygen atoms in total. The standard InChI is InChI=1S/C31H29FN4O4/c1-33-29(38)26-9-6-20(16-34-26)19-4-2-18(3-5-19)17-36-11-10-23-25(32)8-7-24(27(23)36)28(37)35-22-14-31(15-22)12-21(13-31)30(39)40/h2-11,16,21-22H,12-15,17H2,1H3,(H,33,38)(H,35,37)(H,39,40). The molecule has 2 saturated carbocycles. The molecule has 6 rings (SSSR count). The van der Waals surface area contributed by atoms with Crippen LogP contribution in [-0.4, -0.2) is 45.5 Å². The molecule has 2 heterocycles. The highest BCUT2D eigenvalue weighted by Gasteiger charge is 2.55. The van der Waals surface area contributed by atoms with Gasteiger partial charge in [0.15, 0.2) is 0 Å². The average molecular weight is 541 g/mol. The number of rotatable bonds is 7. The van der Waals surface area contributed by atoms with Crippen LogP contribution in [0.15, 0.2) is 67.0 Å². The highest BCUT2D eigenvalue weighted by atomic mass is 19.1. The second-order valence-corrected chi connectivity index (χ2v) is 11.0. The van der Waals surface area contributed by atoms with E-state index in [9.17, 15) is 18.8 Å². The van der Waals surface area contributed by atoms with Crippen LogP contribution >= 0.6 is 0 Å². The molecule has 2 aromatic carbocycles. The zero-order valence-corrected chi connectivity index (χ0v) is 22.0. The zero-order valence-electron chi connectivity index (χ0n) is 22.0. The molecular weight excluding hydrogens is 511 g/mol. The van der Waals surface area contributed by atoms with Crippen LogP contribution in [0.4, 0.5) is 4.39 Å². The van der Waals surface area contributed by atoms with Crippen molar-refractivity contribution in [1.82, 2.24) is 20.2 Å². The predicted molar refractivity (Wildman–Crippen MR) is 147 cm³/mol. The Labute approximate surface area is 230 Å². The lowest BCUT2D eigenvalue weighted by Crippen LogP contribution is -2.57. The number of amides is 2. The van der Waals surface area contributed by atoms with Gasteiger partial charge in [-0.15, -0.1) is 0 Å². The highest BCUT2D eigenvalue weighted by Crippen LogP contribution is 2.58. The number of hydrogen-bond acceptors (Lipinski definition) is 4. The number of nitrogens with one attached hydrogen (secondary N) is 2. The van der Waals surface area contributed by atoms with Gasteiger partial charge in [0.25, 0.3) is 11.8 Å². The van der Waals surface area contributed by atoms with Crippen LogP contribution in [0.3, 0.4) is 0 Å². The number of carboxylic acid groups (broad SMARTS) is 1. The molecule has 0 saturated heterocycles. The Morgan fingerprint density at radius 3 is 2.35 bits per heavy atom. The molecule has 0 unspecified atom stereocenters. The summed E-state index contributed by atoms with van der Waals surface area (Å²) in [6.45, 7) is 0.449. The summed E-state index contributed by atoms with van der Waals surface area (Å²) in [6.07, 6.45) is 6.36. The lowest BCUT2D eigenvalue weighted by atomic mass is 9.50. The quantitative estimate of drug-likeness (QED) is 0.317. The first kappa shape index (κ1) is 25.7. The number of carbonyl (C=O) groups is 3. The summed E-state index contributed by atoms with van der Waals surface area (Å²) in [4.78, 5) is 40.4. The number of benzene rings is 2. The van der Waals surface area contributed by atoms with Crippen LogP contribution in [-0.2, 0) is 11.3 Å². The van der Waals surface area contributed by atoms with E-state index < -0.39 is 5.97 Å². The number of aromatic nitrogens is 2. The number of carbonyl (C=O) groups excluding carboxylic acids is 2. The van der Waals surface area contributed by atoms with Crippen molar-refractivity contribution in [3.05, 3.63) is 89.6 Å². The third kappa shape index (κ3) is 4.61. The van der Waals surface area contributed by atoms with E-state index in [1.165, 1.54) is 12.1 Å². The summed E-state index contributed by atoms with van der Waals surface area (Å²) >= 11 is 0. The van der Waals surface area contributed by atoms with Crippen molar-refractivity contribution in [1.29, 1.82) is 0 Å². The first-order valence-corrected chi connectivity index (χ1v) is 13.3. The fourth-order valence-corrected chi connectivity index (χ4v) is 6.28. The molecule has 204 valence electrons. The number of fused-ring (bicyclic) bond motifs is 1. The summed E-state index contributed by atoms with van der Waals surface area (Å²) in [5.41, 5.74) is 4.16. The fraction of sp³-hybridized carbons (Fsp3) is 0.290. The molecule has 1 spiro atoms. The Hall–Kier alpha value is -4.53. The average Bonchev–Trinajstić information content (AvgIpc) is 3.33. The van der Waals surface area contributed by atoms with E-state index in [-0.39, 0.29) is 35.0 Å². The molecule has 3 N–H and O–H groups in total. The molecule has 0 aliphatic heterocycles. The minimum atomic E-state index is -0.740. The van der Waals surface area contributed by atoms with Crippen LogP contribution in [0.5, 0.6) is 0 Å². The van der Waals surface area contributed by atoms with Gasteiger partial charge in [-0.1, -0.05) is 30.3 Å². The van der Waals surface area contributed by atoms with E-state index in [1.807, 2.05) is 34.9 Å². The SMILES string of the molecule is CNC(=O)c1ccc(-c2ccc(Cn3ccc4c(F)ccc(C(=O)NC5CC6(C5)CC(C(=O)O)C6)c43)cc2)cn1. The van der Waals surface area contributed by atoms with Gasteiger partial charge in [0.05, 0.1) is 17.0 Å². The van der Waals surface area contributed by atoms with Gasteiger partial charge < -0.3 is 20.3 Å². The molecule has 0 bridgehead atoms. The van der Waals surface area contributed by atoms with E-state index in [4.69, 9.17) is 5.11 Å². The Kier molecular flexibility index (Phi) is 6.37. The lowest BCUT2D eigenvalue weighted by Gasteiger charge is -2.56. The van der Waals surface area contributed by atoms with Crippen molar-refractivity contribution >= 4 is 28.7 Å². The first-order valence-electron chi connectivity index (χ1n) is 13.3. The van der Waals surface area contributed by atoms with Crippen LogP contribution in [0.2, 0.25) is 0 Å². The van der Waals surface area contributed by atoms with Gasteiger partial charge in [-0.2, -0.15) is 0 Å². The number of carboxylic acids is 1. The van der Waals surface area contributed by atoms with Crippen molar-refractivity contribution < 1.29 is 23.9 Å². The second-order valence-electron chi connectivity index (χ2n) is 11.0. The molecule has 2 aliphatic carbocycles. The van der Waals surface area contributed by atoms with Crippen molar-refractivity contribution in [2.75, 3.05) is 7.05 Å². The maximum Gasteiger partial charge on any atom is 0.306 e. The van der Waals surface area contributed by atoms with Crippen molar-refractivity contribution in [2.45, 2.75) is 38.3 Å². The molecule has 0 radical (unpaired) electrons. The Bertz CT molecular complexity index is 1610. The second kappa shape index (κ2) is 9.89. The van der Waals surface area contributed by atoms with E-state index in [0.717, 1.165) is 29.5 Å². The topological polar surface area (TPSA) is 113 Å². The summed E-state index contributed by atoms with van der Waals surface area (Å²) in [5, 5.41) is 15.2. The zero-order chi connectivity index (χ0) is 28.0. The van der Waals surface area contributed by atoms with Crippen molar-refractivity contribution in [3.63, 3.8) is 0 Å². The molecule has 2 aliphatic rings. The van der Waals surface area contributed by atoms with Crippen LogP contribution in [0.25, 0.3) is 22.0 Å². The summed E-state index contributed by atoms with van der Waals surface area (Å²) in [7, 11) is 1.56. The molecular formula is C31H29FN4O4. The largest absolute Gasteiger partial charge is 0.481 e. The van der Waals surface area contributed by atoms with E-state index in [2.05, 4.69) is 15.6 Å². The minimum absolute atomic E-state index is 0.00165. The van der Waals surface area contributed by atoms with E-state index >= 15 is 0 Å². The number of halogens is 1. The Morgan fingerprint density at radius 1 is 0.975 bits per heavy atom. The third-order valence-electron chi connectivity index (χ3n) is 8.38. The number of pyridine rings is 1. The highest BCUT2D eigenvalue weighted by molar-refractivity contribution is 6.06. The van der Waals surface area contributed by atoms with Gasteiger partial charge in [0, 0.05) is 43.0 Å². The van der Waals surface area contributed by atoms with Crippen LogP contribution in [0, 0.1) is 17.2 Å². The van der Waals surface area contributed by atoms with Gasteiger partial charge in [0.1, 0.15) is 11.5 Å². The first-order chi connectivity index (χ1) is 19.2. The summed E-state index contributed by atoms with van der Waals surface area (Å²) in [6, 6.07) is 15.9. The maximum absolute atomic E-state index is 14.7. The molecule has 2 fully saturated rings. The van der Waals surface area contributed by atoms with Crippen LogP contribution < -0.4 is 10.6 Å². The molecule has 0 atom stereocenters. The number of hydrogen-bond donors (Lipinski definition) is 3. The predicted octanol–water partition coefficient (Wildman–Crippen LogP) is 4.62. The Balaban J connectivity index is 1.17. The van der Waals surface area contributed by atoms with E-state index in [1.54, 1.807) is 31.6 Å². The third-order valence-corrected chi connectivity index (χ3v) is 8.38. The molecule has 40 heavy (non-hydrogen) atoms. The van der Waals surface area contributed by atoms with Crippen molar-refractivity contribution in [2.24, 2.45) is 11.3 Å². The fourth-order valence-electron chi connectivity index (χ4n) is 6.28. The van der Waals surface area contributed by atoms with Crippen molar-refractivity contribution in [3.8, 4) is 11.1 Å². The summed E-state index contributed by atoms with van der Waals surface area (Å²) < 4.78 is 16.6. The molecule has 2 amide bonds. The number of nitrogens with zero attached hydrogens (tertiary/aromatic N) is 2. The molecule has 4 aromatic rings. The Morgan fingerprint density at radius 2 is 1.70 bits per heavy atom. The smallest absolute Gasteiger partial charge is 0.306 e. The molecule has 2 aromatic heterocycles. The molecule has 9 heteroatoms. The van der Waals surface area contributed by atoms with Gasteiger partial charge in [-0.05, 0) is 66.5 Å². The van der Waals surface area contributed by atoms with Crippen LogP contribution in [0.1, 0.15) is 52.1 Å². The van der Waals surface area contributed by atoms with Gasteiger partial charge in [-0.25, -0.2) is 4.39 Å². The number of aliphatic carboxylic acids is 1. The van der Waals surface area contributed by atoms with Gasteiger partial charge in [0.2, 0.25) is 0 Å². The summed E-state index contributed by atoms with van der Waals surface area (Å²) in [5.74, 6) is -1.88. The monoisotopic (exact) mass is 540 g/mol. The van der Waals surface area contributed by atoms with E-state index in [0.29, 0.717) is 41.5 Å². The lowest BCUT2D eigenvalue weighted by molar-refractivity contribution is -0.155. The normalized spacial score (nSPS) is 21.4. The minimum Gasteiger partial charge on any atom is -0.481 e.